The topological polar surface area (TPSA) is 113 Å². The Morgan fingerprint density at radius 1 is 0.900 bits per heavy atom. The molecule has 2 saturated heterocycles. The van der Waals surface area contributed by atoms with E-state index in [1.165, 1.54) is 29.3 Å². The van der Waals surface area contributed by atoms with Crippen molar-refractivity contribution in [1.82, 2.24) is 14.5 Å². The number of aromatic nitrogens is 2. The highest BCUT2D eigenvalue weighted by Gasteiger charge is 2.30. The molecule has 30 heavy (non-hydrogen) atoms. The maximum atomic E-state index is 13.0. The van der Waals surface area contributed by atoms with E-state index in [1.807, 2.05) is 17.0 Å². The number of hydrogen-bond acceptors (Lipinski definition) is 8. The molecule has 1 aromatic carbocycles. The molecule has 0 unspecified atom stereocenters. The van der Waals surface area contributed by atoms with Crippen molar-refractivity contribution in [1.29, 1.82) is 0 Å². The molecule has 0 radical (unpaired) electrons. The lowest BCUT2D eigenvalue weighted by Gasteiger charge is -2.34. The summed E-state index contributed by atoms with van der Waals surface area (Å²) in [6.07, 6.45) is 2.34. The van der Waals surface area contributed by atoms with Gasteiger partial charge in [0.15, 0.2) is 11.6 Å². The summed E-state index contributed by atoms with van der Waals surface area (Å²) in [4.78, 5) is 14.8. The van der Waals surface area contributed by atoms with Gasteiger partial charge in [0, 0.05) is 50.9 Å². The fraction of sp³-hybridized carbons (Fsp3) is 0.474. The van der Waals surface area contributed by atoms with E-state index < -0.39 is 14.9 Å². The Morgan fingerprint density at radius 2 is 1.47 bits per heavy atom. The van der Waals surface area contributed by atoms with Gasteiger partial charge in [-0.1, -0.05) is 6.07 Å². The van der Waals surface area contributed by atoms with Gasteiger partial charge in [-0.05, 0) is 38.0 Å². The first-order valence-corrected chi connectivity index (χ1v) is 11.4. The zero-order valence-corrected chi connectivity index (χ0v) is 17.6. The Hall–Kier alpha value is -2.79. The van der Waals surface area contributed by atoms with E-state index in [9.17, 15) is 18.5 Å². The fourth-order valence-electron chi connectivity index (χ4n) is 3.85. The van der Waals surface area contributed by atoms with Crippen LogP contribution in [0.15, 0.2) is 35.2 Å². The van der Waals surface area contributed by atoms with Crippen LogP contribution in [-0.4, -0.2) is 67.1 Å². The predicted molar refractivity (Wildman–Crippen MR) is 112 cm³/mol. The van der Waals surface area contributed by atoms with Crippen LogP contribution in [0.2, 0.25) is 0 Å². The summed E-state index contributed by atoms with van der Waals surface area (Å²) in [5.41, 5.74) is 0.239. The second-order valence-electron chi connectivity index (χ2n) is 7.54. The molecule has 10 nitrogen and oxygen atoms in total. The third-order valence-electron chi connectivity index (χ3n) is 5.64. The molecule has 2 aliphatic rings. The van der Waals surface area contributed by atoms with Gasteiger partial charge < -0.3 is 9.80 Å². The van der Waals surface area contributed by atoms with E-state index in [1.54, 1.807) is 6.92 Å². The molecule has 4 rings (SSSR count). The normalized spacial score (nSPS) is 18.0. The second-order valence-corrected chi connectivity index (χ2v) is 9.48. The Bertz CT molecular complexity index is 1030. The van der Waals surface area contributed by atoms with Crippen molar-refractivity contribution in [2.45, 2.75) is 24.7 Å². The number of anilines is 2. The standard InChI is InChI=1S/C19H24N6O4S/c1-15-4-5-16(14-17(15)25(26)27)30(28,29)24-12-10-23(11-13-24)19-7-6-18(20-21-19)22-8-2-3-9-22/h4-7,14H,2-3,8-13H2,1H3. The van der Waals surface area contributed by atoms with Crippen molar-refractivity contribution in [2.24, 2.45) is 0 Å². The second kappa shape index (κ2) is 8.15. The van der Waals surface area contributed by atoms with Crippen molar-refractivity contribution in [3.63, 3.8) is 0 Å². The van der Waals surface area contributed by atoms with Crippen molar-refractivity contribution in [2.75, 3.05) is 49.1 Å². The van der Waals surface area contributed by atoms with Gasteiger partial charge >= 0.3 is 0 Å². The van der Waals surface area contributed by atoms with Crippen LogP contribution in [-0.2, 0) is 10.0 Å². The lowest BCUT2D eigenvalue weighted by atomic mass is 10.2. The largest absolute Gasteiger partial charge is 0.355 e. The molecule has 2 aromatic rings. The summed E-state index contributed by atoms with van der Waals surface area (Å²) in [5.74, 6) is 1.60. The summed E-state index contributed by atoms with van der Waals surface area (Å²) in [5, 5.41) is 19.8. The minimum Gasteiger partial charge on any atom is -0.355 e. The third-order valence-corrected chi connectivity index (χ3v) is 7.54. The summed E-state index contributed by atoms with van der Waals surface area (Å²) in [6.45, 7) is 5.10. The summed E-state index contributed by atoms with van der Waals surface area (Å²) < 4.78 is 27.3. The molecule has 2 fully saturated rings. The monoisotopic (exact) mass is 432 g/mol. The number of nitro groups is 1. The molecule has 160 valence electrons. The SMILES string of the molecule is Cc1ccc(S(=O)(=O)N2CCN(c3ccc(N4CCCC4)nn3)CC2)cc1[N+](=O)[O-]. The van der Waals surface area contributed by atoms with Crippen molar-refractivity contribution >= 4 is 27.3 Å². The molecule has 0 aliphatic carbocycles. The number of nitrogens with zero attached hydrogens (tertiary/aromatic N) is 6. The van der Waals surface area contributed by atoms with Gasteiger partial charge in [0.25, 0.3) is 5.69 Å². The lowest BCUT2D eigenvalue weighted by Crippen LogP contribution is -2.49. The molecule has 3 heterocycles. The first kappa shape index (κ1) is 20.5. The number of sulfonamides is 1. The van der Waals surface area contributed by atoms with E-state index in [0.717, 1.165) is 30.8 Å². The molecular formula is C19H24N6O4S. The molecule has 0 atom stereocenters. The van der Waals surface area contributed by atoms with Crippen molar-refractivity contribution < 1.29 is 13.3 Å². The van der Waals surface area contributed by atoms with E-state index in [-0.39, 0.29) is 23.7 Å². The smallest absolute Gasteiger partial charge is 0.273 e. The zero-order chi connectivity index (χ0) is 21.3. The molecule has 1 aromatic heterocycles. The van der Waals surface area contributed by atoms with Crippen molar-refractivity contribution in [3.05, 3.63) is 46.0 Å². The number of rotatable bonds is 5. The first-order valence-electron chi connectivity index (χ1n) is 9.95. The minimum atomic E-state index is -3.80. The van der Waals surface area contributed by atoms with Crippen LogP contribution in [0.1, 0.15) is 18.4 Å². The van der Waals surface area contributed by atoms with E-state index >= 15 is 0 Å². The van der Waals surface area contributed by atoms with Crippen LogP contribution in [0, 0.1) is 17.0 Å². The van der Waals surface area contributed by atoms with Crippen LogP contribution in [0.3, 0.4) is 0 Å². The molecule has 11 heteroatoms. The number of hydrogen-bond donors (Lipinski definition) is 0. The van der Waals surface area contributed by atoms with Gasteiger partial charge in [0.2, 0.25) is 10.0 Å². The molecule has 0 bridgehead atoms. The predicted octanol–water partition coefficient (Wildman–Crippen LogP) is 1.80. The Morgan fingerprint density at radius 3 is 2.00 bits per heavy atom. The number of piperazine rings is 1. The van der Waals surface area contributed by atoms with Crippen LogP contribution < -0.4 is 9.80 Å². The van der Waals surface area contributed by atoms with Gasteiger partial charge in [-0.15, -0.1) is 10.2 Å². The molecule has 0 spiro atoms. The molecular weight excluding hydrogens is 408 g/mol. The summed E-state index contributed by atoms with van der Waals surface area (Å²) in [7, 11) is -3.80. The molecule has 0 amide bonds. The van der Waals surface area contributed by atoms with Gasteiger partial charge in [-0.2, -0.15) is 4.31 Å². The highest BCUT2D eigenvalue weighted by Crippen LogP contribution is 2.26. The van der Waals surface area contributed by atoms with Crippen molar-refractivity contribution in [3.8, 4) is 0 Å². The van der Waals surface area contributed by atoms with Gasteiger partial charge in [0.1, 0.15) is 0 Å². The number of nitro benzene ring substituents is 1. The van der Waals surface area contributed by atoms with Gasteiger partial charge in [-0.25, -0.2) is 8.42 Å². The number of aryl methyl sites for hydroxylation is 1. The third kappa shape index (κ3) is 3.94. The number of benzene rings is 1. The quantitative estimate of drug-likeness (QED) is 0.519. The summed E-state index contributed by atoms with van der Waals surface area (Å²) in [6, 6.07) is 7.92. The van der Waals surface area contributed by atoms with E-state index in [2.05, 4.69) is 15.1 Å². The first-order chi connectivity index (χ1) is 14.4. The molecule has 0 N–H and O–H groups in total. The van der Waals surface area contributed by atoms with Crippen LogP contribution in [0.4, 0.5) is 17.3 Å². The average Bonchev–Trinajstić information content (AvgIpc) is 3.29. The van der Waals surface area contributed by atoms with Crippen LogP contribution in [0.25, 0.3) is 0 Å². The minimum absolute atomic E-state index is 0.0528. The summed E-state index contributed by atoms with van der Waals surface area (Å²) >= 11 is 0. The van der Waals surface area contributed by atoms with Gasteiger partial charge in [0.05, 0.1) is 9.82 Å². The fourth-order valence-corrected chi connectivity index (χ4v) is 5.30. The average molecular weight is 433 g/mol. The van der Waals surface area contributed by atoms with Crippen LogP contribution >= 0.6 is 0 Å². The maximum absolute atomic E-state index is 13.0. The molecule has 2 aliphatic heterocycles. The van der Waals surface area contributed by atoms with E-state index in [0.29, 0.717) is 18.7 Å². The van der Waals surface area contributed by atoms with Gasteiger partial charge in [-0.3, -0.25) is 10.1 Å². The highest BCUT2D eigenvalue weighted by atomic mass is 32.2. The zero-order valence-electron chi connectivity index (χ0n) is 16.8. The molecule has 0 saturated carbocycles. The Kier molecular flexibility index (Phi) is 5.56. The highest BCUT2D eigenvalue weighted by molar-refractivity contribution is 7.89. The lowest BCUT2D eigenvalue weighted by molar-refractivity contribution is -0.385. The van der Waals surface area contributed by atoms with Crippen LogP contribution in [0.5, 0.6) is 0 Å². The Balaban J connectivity index is 1.43. The Labute approximate surface area is 175 Å². The maximum Gasteiger partial charge on any atom is 0.273 e. The van der Waals surface area contributed by atoms with E-state index in [4.69, 9.17) is 0 Å².